The standard InChI is InChI=1S/C21H28BNO/c1-3-19(22-17-11-7-12-18(22)14-8-13-17)20-15(2)24-21(23-20)16-9-5-4-6-10-16/h4-6,9-10,17-19H,3,7-8,11-14H2,1-2H3. The summed E-state index contributed by atoms with van der Waals surface area (Å²) in [4.78, 5) is 4.99. The quantitative estimate of drug-likeness (QED) is 0.619. The van der Waals surface area contributed by atoms with E-state index in [1.165, 1.54) is 50.6 Å². The van der Waals surface area contributed by atoms with Crippen LogP contribution >= 0.6 is 0 Å². The lowest BCUT2D eigenvalue weighted by atomic mass is 9.22. The molecule has 2 fully saturated rings. The molecule has 1 aromatic carbocycles. The number of benzene rings is 1. The molecule has 2 bridgehead atoms. The maximum atomic E-state index is 6.09. The van der Waals surface area contributed by atoms with Crippen molar-refractivity contribution in [2.24, 2.45) is 0 Å². The summed E-state index contributed by atoms with van der Waals surface area (Å²) >= 11 is 0. The van der Waals surface area contributed by atoms with E-state index in [0.717, 1.165) is 35.6 Å². The van der Waals surface area contributed by atoms with Crippen molar-refractivity contribution in [2.45, 2.75) is 76.2 Å². The predicted octanol–water partition coefficient (Wildman–Crippen LogP) is 6.29. The van der Waals surface area contributed by atoms with Gasteiger partial charge in [0, 0.05) is 5.56 Å². The Hall–Kier alpha value is -1.51. The Morgan fingerprint density at radius 3 is 2.29 bits per heavy atom. The lowest BCUT2D eigenvalue weighted by Gasteiger charge is -2.43. The molecule has 1 unspecified atom stereocenters. The van der Waals surface area contributed by atoms with Gasteiger partial charge in [-0.15, -0.1) is 0 Å². The number of hydrogen-bond donors (Lipinski definition) is 0. The molecule has 2 aliphatic rings. The van der Waals surface area contributed by atoms with Crippen molar-refractivity contribution in [3.8, 4) is 11.5 Å². The molecule has 2 saturated heterocycles. The van der Waals surface area contributed by atoms with Gasteiger partial charge in [0.15, 0.2) is 6.71 Å². The third-order valence-electron chi connectivity index (χ3n) is 6.50. The minimum absolute atomic E-state index is 0.571. The Bertz CT molecular complexity index is 658. The third kappa shape index (κ3) is 2.83. The minimum atomic E-state index is 0.571. The molecule has 3 heteroatoms. The molecule has 0 saturated carbocycles. The van der Waals surface area contributed by atoms with Crippen LogP contribution in [-0.4, -0.2) is 11.7 Å². The molecule has 2 aromatic rings. The molecule has 24 heavy (non-hydrogen) atoms. The number of fused-ring (bicyclic) bond motifs is 2. The first-order valence-corrected chi connectivity index (χ1v) is 9.80. The average Bonchev–Trinajstić information content (AvgIpc) is 2.98. The SMILES string of the molecule is CCC(B1C2CCCC1CCC2)c1nc(-c2ccccc2)oc1C. The number of aryl methyl sites for hydroxylation is 1. The van der Waals surface area contributed by atoms with Crippen LogP contribution in [0.3, 0.4) is 0 Å². The van der Waals surface area contributed by atoms with Gasteiger partial charge in [-0.1, -0.05) is 81.7 Å². The van der Waals surface area contributed by atoms with Crippen molar-refractivity contribution >= 4 is 6.71 Å². The summed E-state index contributed by atoms with van der Waals surface area (Å²) < 4.78 is 6.09. The van der Waals surface area contributed by atoms with E-state index in [-0.39, 0.29) is 0 Å². The lowest BCUT2D eigenvalue weighted by molar-refractivity contribution is 0.432. The van der Waals surface area contributed by atoms with Gasteiger partial charge in [-0.05, 0) is 24.9 Å². The molecule has 126 valence electrons. The van der Waals surface area contributed by atoms with Gasteiger partial charge >= 0.3 is 0 Å². The number of aromatic nitrogens is 1. The predicted molar refractivity (Wildman–Crippen MR) is 101 cm³/mol. The summed E-state index contributed by atoms with van der Waals surface area (Å²) in [6.07, 6.45) is 9.78. The Balaban J connectivity index is 1.67. The Kier molecular flexibility index (Phi) is 4.52. The molecule has 0 radical (unpaired) electrons. The van der Waals surface area contributed by atoms with Crippen molar-refractivity contribution < 1.29 is 4.42 Å². The summed E-state index contributed by atoms with van der Waals surface area (Å²) in [5.74, 6) is 4.23. The van der Waals surface area contributed by atoms with Crippen LogP contribution in [-0.2, 0) is 0 Å². The number of nitrogens with zero attached hydrogens (tertiary/aromatic N) is 1. The van der Waals surface area contributed by atoms with Crippen LogP contribution in [0.4, 0.5) is 0 Å². The first kappa shape index (κ1) is 16.0. The number of rotatable bonds is 4. The zero-order valence-corrected chi connectivity index (χ0v) is 15.0. The van der Waals surface area contributed by atoms with Crippen molar-refractivity contribution in [2.75, 3.05) is 0 Å². The van der Waals surface area contributed by atoms with Crippen LogP contribution < -0.4 is 0 Å². The van der Waals surface area contributed by atoms with E-state index < -0.39 is 0 Å². The highest BCUT2D eigenvalue weighted by molar-refractivity contribution is 6.64. The molecule has 2 nitrogen and oxygen atoms in total. The number of hydrogen-bond acceptors (Lipinski definition) is 2. The van der Waals surface area contributed by atoms with Gasteiger partial charge < -0.3 is 4.42 Å². The number of oxazole rings is 1. The first-order valence-electron chi connectivity index (χ1n) is 9.80. The summed E-state index contributed by atoms with van der Waals surface area (Å²) in [6, 6.07) is 10.3. The van der Waals surface area contributed by atoms with Crippen LogP contribution in [0, 0.1) is 6.92 Å². The third-order valence-corrected chi connectivity index (χ3v) is 6.50. The summed E-state index contributed by atoms with van der Waals surface area (Å²) in [5, 5.41) is 0. The van der Waals surface area contributed by atoms with E-state index in [0.29, 0.717) is 5.82 Å². The van der Waals surface area contributed by atoms with Crippen molar-refractivity contribution in [1.29, 1.82) is 0 Å². The Morgan fingerprint density at radius 1 is 1.08 bits per heavy atom. The van der Waals surface area contributed by atoms with Gasteiger partial charge in [0.2, 0.25) is 5.89 Å². The van der Waals surface area contributed by atoms with Crippen LogP contribution in [0.25, 0.3) is 11.5 Å². The maximum absolute atomic E-state index is 6.09. The topological polar surface area (TPSA) is 26.0 Å². The first-order chi connectivity index (χ1) is 11.8. The second kappa shape index (κ2) is 6.78. The van der Waals surface area contributed by atoms with Crippen molar-refractivity contribution in [1.82, 2.24) is 4.98 Å². The summed E-state index contributed by atoms with van der Waals surface area (Å²) in [5.41, 5.74) is 2.32. The van der Waals surface area contributed by atoms with Gasteiger partial charge in [-0.25, -0.2) is 4.98 Å². The molecule has 0 aliphatic carbocycles. The fourth-order valence-corrected chi connectivity index (χ4v) is 5.49. The molecule has 2 aliphatic heterocycles. The zero-order chi connectivity index (χ0) is 16.5. The molecule has 0 spiro atoms. The monoisotopic (exact) mass is 321 g/mol. The molecule has 0 amide bonds. The smallest absolute Gasteiger partial charge is 0.226 e. The molecule has 3 heterocycles. The minimum Gasteiger partial charge on any atom is -0.441 e. The van der Waals surface area contributed by atoms with E-state index in [2.05, 4.69) is 38.1 Å². The highest BCUT2D eigenvalue weighted by Crippen LogP contribution is 2.51. The molecule has 1 aromatic heterocycles. The van der Waals surface area contributed by atoms with Crippen LogP contribution in [0.5, 0.6) is 0 Å². The van der Waals surface area contributed by atoms with Crippen LogP contribution in [0.15, 0.2) is 34.7 Å². The summed E-state index contributed by atoms with van der Waals surface area (Å²) in [7, 11) is 0. The van der Waals surface area contributed by atoms with Gasteiger partial charge in [-0.3, -0.25) is 0 Å². The maximum Gasteiger partial charge on any atom is 0.226 e. The van der Waals surface area contributed by atoms with Crippen molar-refractivity contribution in [3.05, 3.63) is 41.8 Å². The van der Waals surface area contributed by atoms with Crippen molar-refractivity contribution in [3.63, 3.8) is 0 Å². The molecule has 1 atom stereocenters. The largest absolute Gasteiger partial charge is 0.441 e. The second-order valence-corrected chi connectivity index (χ2v) is 7.80. The fourth-order valence-electron chi connectivity index (χ4n) is 5.49. The molecular weight excluding hydrogens is 293 g/mol. The Morgan fingerprint density at radius 2 is 1.71 bits per heavy atom. The average molecular weight is 321 g/mol. The van der Waals surface area contributed by atoms with E-state index in [1.54, 1.807) is 0 Å². The van der Waals surface area contributed by atoms with Gasteiger partial charge in [0.1, 0.15) is 5.76 Å². The van der Waals surface area contributed by atoms with Crippen LogP contribution in [0.2, 0.25) is 11.6 Å². The second-order valence-electron chi connectivity index (χ2n) is 7.80. The van der Waals surface area contributed by atoms with Gasteiger partial charge in [-0.2, -0.15) is 0 Å². The highest BCUT2D eigenvalue weighted by atomic mass is 16.4. The van der Waals surface area contributed by atoms with E-state index >= 15 is 0 Å². The molecule has 4 rings (SSSR count). The van der Waals surface area contributed by atoms with E-state index in [1.807, 2.05) is 6.07 Å². The fraction of sp³-hybridized carbons (Fsp3) is 0.571. The molecule has 0 N–H and O–H groups in total. The van der Waals surface area contributed by atoms with E-state index in [9.17, 15) is 0 Å². The normalized spacial score (nSPS) is 24.8. The zero-order valence-electron chi connectivity index (χ0n) is 15.0. The highest BCUT2D eigenvalue weighted by Gasteiger charge is 2.44. The lowest BCUT2D eigenvalue weighted by Crippen LogP contribution is -2.40. The molecular formula is C21H28BNO. The Labute approximate surface area is 146 Å². The summed E-state index contributed by atoms with van der Waals surface area (Å²) in [6.45, 7) is 5.27. The van der Waals surface area contributed by atoms with Crippen LogP contribution in [0.1, 0.15) is 69.1 Å². The van der Waals surface area contributed by atoms with Gasteiger partial charge in [0.05, 0.1) is 5.69 Å². The van der Waals surface area contributed by atoms with E-state index in [4.69, 9.17) is 9.40 Å². The van der Waals surface area contributed by atoms with Gasteiger partial charge in [0.25, 0.3) is 0 Å².